The Morgan fingerprint density at radius 1 is 1.33 bits per heavy atom. The summed E-state index contributed by atoms with van der Waals surface area (Å²) in [6.45, 7) is 3.71. The van der Waals surface area contributed by atoms with Crippen LogP contribution in [0.2, 0.25) is 0 Å². The van der Waals surface area contributed by atoms with Gasteiger partial charge in [-0.1, -0.05) is 13.8 Å². The van der Waals surface area contributed by atoms with Gasteiger partial charge in [0.15, 0.2) is 6.10 Å². The molecule has 1 fully saturated rings. The van der Waals surface area contributed by atoms with Crippen LogP contribution in [-0.4, -0.2) is 35.6 Å². The predicted molar refractivity (Wildman–Crippen MR) is 97.7 cm³/mol. The summed E-state index contributed by atoms with van der Waals surface area (Å²) >= 11 is 0. The normalized spacial score (nSPS) is 24.7. The van der Waals surface area contributed by atoms with Gasteiger partial charge < -0.3 is 9.47 Å². The maximum atomic E-state index is 12.7. The predicted octanol–water partition coefficient (Wildman–Crippen LogP) is 3.22. The number of amides is 1. The zero-order valence-electron chi connectivity index (χ0n) is 15.6. The Kier molecular flexibility index (Phi) is 5.62. The summed E-state index contributed by atoms with van der Waals surface area (Å²) in [6.07, 6.45) is 3.26. The maximum Gasteiger partial charge on any atom is 0.326 e. The molecule has 1 aliphatic carbocycles. The fourth-order valence-corrected chi connectivity index (χ4v) is 3.55. The van der Waals surface area contributed by atoms with Crippen LogP contribution in [0.15, 0.2) is 18.2 Å². The van der Waals surface area contributed by atoms with E-state index >= 15 is 0 Å². The molecule has 2 aliphatic rings. The number of rotatable bonds is 5. The van der Waals surface area contributed by atoms with Gasteiger partial charge in [0.1, 0.15) is 18.4 Å². The zero-order chi connectivity index (χ0) is 19.6. The molecular formula is C19H24N2O6. The summed E-state index contributed by atoms with van der Waals surface area (Å²) in [4.78, 5) is 36.9. The highest BCUT2D eigenvalue weighted by Crippen LogP contribution is 2.37. The number of nitro groups is 1. The van der Waals surface area contributed by atoms with Crippen LogP contribution in [0.1, 0.15) is 46.0 Å². The van der Waals surface area contributed by atoms with E-state index in [1.807, 2.05) is 0 Å². The minimum atomic E-state index is -0.720. The molecule has 0 bridgehead atoms. The van der Waals surface area contributed by atoms with Crippen LogP contribution in [0.5, 0.6) is 5.75 Å². The number of carbonyl (C=O) groups is 2. The van der Waals surface area contributed by atoms with E-state index in [1.54, 1.807) is 6.92 Å². The number of hydrogen-bond acceptors (Lipinski definition) is 6. The third-order valence-electron chi connectivity index (χ3n) is 5.17. The first-order chi connectivity index (χ1) is 12.9. The van der Waals surface area contributed by atoms with Gasteiger partial charge in [-0.05, 0) is 44.1 Å². The van der Waals surface area contributed by atoms with Crippen molar-refractivity contribution in [2.75, 3.05) is 11.4 Å². The number of hydrogen-bond donors (Lipinski definition) is 0. The van der Waals surface area contributed by atoms with Crippen molar-refractivity contribution in [2.45, 2.75) is 58.2 Å². The number of carbonyl (C=O) groups excluding carboxylic acids is 2. The van der Waals surface area contributed by atoms with Crippen LogP contribution >= 0.6 is 0 Å². The second-order valence-corrected chi connectivity index (χ2v) is 7.22. The Bertz CT molecular complexity index is 742. The van der Waals surface area contributed by atoms with E-state index in [4.69, 9.17) is 9.47 Å². The Morgan fingerprint density at radius 3 is 2.67 bits per heavy atom. The number of nitrogens with zero attached hydrogens (tertiary/aromatic N) is 2. The topological polar surface area (TPSA) is 99.0 Å². The molecule has 0 radical (unpaired) electrons. The SMILES string of the molecule is CCC1Oc2ccc([N+](=O)[O-])cc2N(CC(=O)OC2CCC(C)CC2)C1=O. The Balaban J connectivity index is 1.78. The van der Waals surface area contributed by atoms with Crippen LogP contribution in [0.25, 0.3) is 0 Å². The number of non-ortho nitro benzene ring substituents is 1. The lowest BCUT2D eigenvalue weighted by Gasteiger charge is -2.34. The molecule has 1 heterocycles. The quantitative estimate of drug-likeness (QED) is 0.444. The second kappa shape index (κ2) is 7.94. The summed E-state index contributed by atoms with van der Waals surface area (Å²) in [6, 6.07) is 4.04. The fraction of sp³-hybridized carbons (Fsp3) is 0.579. The third kappa shape index (κ3) is 4.20. The van der Waals surface area contributed by atoms with Crippen molar-refractivity contribution in [3.05, 3.63) is 28.3 Å². The van der Waals surface area contributed by atoms with Crippen molar-refractivity contribution in [3.8, 4) is 5.75 Å². The van der Waals surface area contributed by atoms with Gasteiger partial charge in [0, 0.05) is 12.1 Å². The smallest absolute Gasteiger partial charge is 0.326 e. The number of anilines is 1. The van der Waals surface area contributed by atoms with E-state index in [0.717, 1.165) is 25.7 Å². The number of benzene rings is 1. The first kappa shape index (κ1) is 19.1. The summed E-state index contributed by atoms with van der Waals surface area (Å²) in [7, 11) is 0. The second-order valence-electron chi connectivity index (χ2n) is 7.22. The minimum Gasteiger partial charge on any atom is -0.478 e. The highest BCUT2D eigenvalue weighted by Gasteiger charge is 2.36. The standard InChI is InChI=1S/C19H24N2O6/c1-3-16-19(23)20(11-18(22)26-14-7-4-12(2)5-8-14)15-10-13(21(24)25)6-9-17(15)27-16/h6,9-10,12,14,16H,3-5,7-8,11H2,1-2H3. The summed E-state index contributed by atoms with van der Waals surface area (Å²) in [5.41, 5.74) is 0.0628. The van der Waals surface area contributed by atoms with Gasteiger partial charge in [0.05, 0.1) is 10.6 Å². The lowest BCUT2D eigenvalue weighted by atomic mass is 9.89. The molecule has 3 rings (SSSR count). The summed E-state index contributed by atoms with van der Waals surface area (Å²) in [5.74, 6) is 0.0988. The average Bonchev–Trinajstić information content (AvgIpc) is 2.65. The van der Waals surface area contributed by atoms with E-state index in [1.165, 1.54) is 23.1 Å². The molecule has 0 saturated heterocycles. The van der Waals surface area contributed by atoms with Gasteiger partial charge in [-0.2, -0.15) is 0 Å². The Morgan fingerprint density at radius 2 is 2.04 bits per heavy atom. The van der Waals surface area contributed by atoms with Crippen molar-refractivity contribution >= 4 is 23.3 Å². The number of fused-ring (bicyclic) bond motifs is 1. The van der Waals surface area contributed by atoms with Crippen molar-refractivity contribution in [3.63, 3.8) is 0 Å². The summed E-state index contributed by atoms with van der Waals surface area (Å²) < 4.78 is 11.2. The van der Waals surface area contributed by atoms with Crippen LogP contribution in [0.3, 0.4) is 0 Å². The molecule has 1 saturated carbocycles. The van der Waals surface area contributed by atoms with E-state index in [2.05, 4.69) is 6.92 Å². The van der Waals surface area contributed by atoms with Gasteiger partial charge in [-0.3, -0.25) is 24.6 Å². The van der Waals surface area contributed by atoms with Gasteiger partial charge in [-0.25, -0.2) is 0 Å². The molecule has 27 heavy (non-hydrogen) atoms. The van der Waals surface area contributed by atoms with E-state index in [9.17, 15) is 19.7 Å². The number of nitro benzene ring substituents is 1. The lowest BCUT2D eigenvalue weighted by molar-refractivity contribution is -0.384. The van der Waals surface area contributed by atoms with E-state index in [-0.39, 0.29) is 29.9 Å². The molecule has 1 unspecified atom stereocenters. The van der Waals surface area contributed by atoms with Crippen LogP contribution in [0.4, 0.5) is 11.4 Å². The van der Waals surface area contributed by atoms with Crippen molar-refractivity contribution in [1.29, 1.82) is 0 Å². The van der Waals surface area contributed by atoms with Gasteiger partial charge in [-0.15, -0.1) is 0 Å². The van der Waals surface area contributed by atoms with Crippen LogP contribution < -0.4 is 9.64 Å². The number of esters is 1. The van der Waals surface area contributed by atoms with E-state index in [0.29, 0.717) is 18.1 Å². The molecule has 1 aromatic carbocycles. The monoisotopic (exact) mass is 376 g/mol. The summed E-state index contributed by atoms with van der Waals surface area (Å²) in [5, 5.41) is 11.1. The van der Waals surface area contributed by atoms with Crippen molar-refractivity contribution in [2.24, 2.45) is 5.92 Å². The average molecular weight is 376 g/mol. The molecule has 1 amide bonds. The van der Waals surface area contributed by atoms with Crippen molar-refractivity contribution < 1.29 is 24.0 Å². The van der Waals surface area contributed by atoms with Gasteiger partial charge >= 0.3 is 5.97 Å². The lowest BCUT2D eigenvalue weighted by Crippen LogP contribution is -2.48. The third-order valence-corrected chi connectivity index (χ3v) is 5.17. The highest BCUT2D eigenvalue weighted by molar-refractivity contribution is 6.03. The molecule has 8 heteroatoms. The molecule has 1 atom stereocenters. The Hall–Kier alpha value is -2.64. The largest absolute Gasteiger partial charge is 0.478 e. The van der Waals surface area contributed by atoms with Gasteiger partial charge in [0.2, 0.25) is 0 Å². The molecule has 0 N–H and O–H groups in total. The van der Waals surface area contributed by atoms with Gasteiger partial charge in [0.25, 0.3) is 11.6 Å². The number of ether oxygens (including phenoxy) is 2. The van der Waals surface area contributed by atoms with Crippen molar-refractivity contribution in [1.82, 2.24) is 0 Å². The maximum absolute atomic E-state index is 12.7. The minimum absolute atomic E-state index is 0.128. The molecule has 1 aliphatic heterocycles. The van der Waals surface area contributed by atoms with Crippen LogP contribution in [-0.2, 0) is 14.3 Å². The molecule has 8 nitrogen and oxygen atoms in total. The molecular weight excluding hydrogens is 352 g/mol. The van der Waals surface area contributed by atoms with Crippen LogP contribution in [0, 0.1) is 16.0 Å². The molecule has 146 valence electrons. The highest BCUT2D eigenvalue weighted by atomic mass is 16.6. The molecule has 0 aromatic heterocycles. The first-order valence-corrected chi connectivity index (χ1v) is 9.35. The zero-order valence-corrected chi connectivity index (χ0v) is 15.6. The first-order valence-electron chi connectivity index (χ1n) is 9.35. The Labute approximate surface area is 157 Å². The fourth-order valence-electron chi connectivity index (χ4n) is 3.55. The molecule has 0 spiro atoms. The molecule has 1 aromatic rings. The van der Waals surface area contributed by atoms with E-state index < -0.39 is 17.0 Å².